The van der Waals surface area contributed by atoms with E-state index in [9.17, 15) is 9.59 Å². The highest BCUT2D eigenvalue weighted by molar-refractivity contribution is 6.07. The smallest absolute Gasteiger partial charge is 0.331 e. The maximum absolute atomic E-state index is 11.5. The first kappa shape index (κ1) is 12.1. The number of Topliss-reactive ketones (excluding diaryl/α,β-unsaturated/α-hetero) is 1. The molecule has 13 heavy (non-hydrogen) atoms. The Balaban J connectivity index is 4.85. The van der Waals surface area contributed by atoms with Crippen LogP contribution >= 0.6 is 0 Å². The predicted molar refractivity (Wildman–Crippen MR) is 49.6 cm³/mol. The molecule has 0 radical (unpaired) electrons. The minimum absolute atomic E-state index is 0.243. The van der Waals surface area contributed by atoms with Gasteiger partial charge in [0.2, 0.25) is 0 Å². The van der Waals surface area contributed by atoms with Gasteiger partial charge in [0, 0.05) is 6.42 Å². The first-order chi connectivity index (χ1) is 6.05. The van der Waals surface area contributed by atoms with Crippen molar-refractivity contribution in [2.24, 2.45) is 0 Å². The zero-order valence-electron chi connectivity index (χ0n) is 8.39. The van der Waals surface area contributed by atoms with Gasteiger partial charge in [0.05, 0.1) is 0 Å². The van der Waals surface area contributed by atoms with Crippen molar-refractivity contribution in [2.75, 3.05) is 7.05 Å². The van der Waals surface area contributed by atoms with Gasteiger partial charge < -0.3 is 5.11 Å². The lowest BCUT2D eigenvalue weighted by atomic mass is 9.87. The quantitative estimate of drug-likeness (QED) is 0.604. The second-order valence-electron chi connectivity index (χ2n) is 2.99. The largest absolute Gasteiger partial charge is 0.480 e. The van der Waals surface area contributed by atoms with Crippen LogP contribution in [0.4, 0.5) is 0 Å². The number of nitrogens with one attached hydrogen (secondary N) is 1. The van der Waals surface area contributed by atoms with Gasteiger partial charge in [-0.15, -0.1) is 0 Å². The van der Waals surface area contributed by atoms with Gasteiger partial charge in [-0.25, -0.2) is 4.79 Å². The SMILES string of the molecule is CCCC(NC)(C(=O)O)C(=O)CC. The van der Waals surface area contributed by atoms with Gasteiger partial charge in [0.25, 0.3) is 0 Å². The summed E-state index contributed by atoms with van der Waals surface area (Å²) in [6.45, 7) is 3.53. The lowest BCUT2D eigenvalue weighted by Crippen LogP contribution is -2.56. The normalized spacial score (nSPS) is 15.0. The van der Waals surface area contributed by atoms with E-state index >= 15 is 0 Å². The van der Waals surface area contributed by atoms with Crippen LogP contribution in [0.5, 0.6) is 0 Å². The molecular weight excluding hydrogens is 170 g/mol. The van der Waals surface area contributed by atoms with Crippen LogP contribution in [0.3, 0.4) is 0 Å². The minimum Gasteiger partial charge on any atom is -0.480 e. The van der Waals surface area contributed by atoms with Crippen molar-refractivity contribution < 1.29 is 14.7 Å². The second-order valence-corrected chi connectivity index (χ2v) is 2.99. The van der Waals surface area contributed by atoms with Gasteiger partial charge in [-0.2, -0.15) is 0 Å². The van der Waals surface area contributed by atoms with Gasteiger partial charge in [-0.1, -0.05) is 20.3 Å². The molecule has 4 heteroatoms. The van der Waals surface area contributed by atoms with Crippen molar-refractivity contribution in [1.82, 2.24) is 5.32 Å². The molecule has 0 rings (SSSR count). The second kappa shape index (κ2) is 4.97. The molecular formula is C9H17NO3. The number of rotatable bonds is 6. The lowest BCUT2D eigenvalue weighted by Gasteiger charge is -2.26. The van der Waals surface area contributed by atoms with Crippen LogP contribution < -0.4 is 5.32 Å². The van der Waals surface area contributed by atoms with Crippen LogP contribution in [0, 0.1) is 0 Å². The average molecular weight is 187 g/mol. The number of carboxylic acids is 1. The highest BCUT2D eigenvalue weighted by Crippen LogP contribution is 2.16. The Morgan fingerprint density at radius 2 is 1.92 bits per heavy atom. The Kier molecular flexibility index (Phi) is 4.62. The average Bonchev–Trinajstić information content (AvgIpc) is 2.12. The first-order valence-electron chi connectivity index (χ1n) is 4.50. The molecule has 0 saturated carbocycles. The van der Waals surface area contributed by atoms with E-state index in [2.05, 4.69) is 5.32 Å². The highest BCUT2D eigenvalue weighted by Gasteiger charge is 2.42. The van der Waals surface area contributed by atoms with Crippen LogP contribution in [0.2, 0.25) is 0 Å². The van der Waals surface area contributed by atoms with Gasteiger partial charge in [0.1, 0.15) is 0 Å². The molecule has 0 spiro atoms. The van der Waals surface area contributed by atoms with Gasteiger partial charge in [-0.05, 0) is 13.5 Å². The maximum Gasteiger partial charge on any atom is 0.331 e. The molecule has 0 aliphatic rings. The van der Waals surface area contributed by atoms with Crippen molar-refractivity contribution in [3.63, 3.8) is 0 Å². The van der Waals surface area contributed by atoms with E-state index in [0.717, 1.165) is 0 Å². The monoisotopic (exact) mass is 187 g/mol. The Hall–Kier alpha value is -0.900. The summed E-state index contributed by atoms with van der Waals surface area (Å²) >= 11 is 0. The van der Waals surface area contributed by atoms with Crippen LogP contribution in [-0.4, -0.2) is 29.4 Å². The molecule has 0 aliphatic heterocycles. The van der Waals surface area contributed by atoms with Gasteiger partial charge >= 0.3 is 5.97 Å². The summed E-state index contributed by atoms with van der Waals surface area (Å²) in [5.41, 5.74) is -1.37. The molecule has 0 aromatic rings. The van der Waals surface area contributed by atoms with E-state index in [-0.39, 0.29) is 12.2 Å². The van der Waals surface area contributed by atoms with E-state index in [4.69, 9.17) is 5.11 Å². The Labute approximate surface area is 78.3 Å². The molecule has 0 aromatic carbocycles. The summed E-state index contributed by atoms with van der Waals surface area (Å²) in [7, 11) is 1.51. The number of carbonyl (C=O) groups excluding carboxylic acids is 1. The minimum atomic E-state index is -1.37. The van der Waals surface area contributed by atoms with Crippen molar-refractivity contribution >= 4 is 11.8 Å². The predicted octanol–water partition coefficient (Wildman–Crippen LogP) is 0.808. The number of ketones is 1. The van der Waals surface area contributed by atoms with Crippen molar-refractivity contribution in [3.05, 3.63) is 0 Å². The molecule has 0 heterocycles. The fraction of sp³-hybridized carbons (Fsp3) is 0.778. The fourth-order valence-corrected chi connectivity index (χ4v) is 1.41. The van der Waals surface area contributed by atoms with Gasteiger partial charge in [0.15, 0.2) is 11.3 Å². The number of hydrogen-bond acceptors (Lipinski definition) is 3. The summed E-state index contributed by atoms with van der Waals surface area (Å²) in [5.74, 6) is -1.34. The number of hydrogen-bond donors (Lipinski definition) is 2. The Morgan fingerprint density at radius 1 is 1.38 bits per heavy atom. The van der Waals surface area contributed by atoms with E-state index in [1.54, 1.807) is 6.92 Å². The van der Waals surface area contributed by atoms with Crippen LogP contribution in [0.1, 0.15) is 33.1 Å². The molecule has 2 N–H and O–H groups in total. The highest BCUT2D eigenvalue weighted by atomic mass is 16.4. The van der Waals surface area contributed by atoms with E-state index in [1.165, 1.54) is 7.05 Å². The summed E-state index contributed by atoms with van der Waals surface area (Å²) in [6.07, 6.45) is 1.25. The molecule has 4 nitrogen and oxygen atoms in total. The first-order valence-corrected chi connectivity index (χ1v) is 4.50. The fourth-order valence-electron chi connectivity index (χ4n) is 1.41. The summed E-state index contributed by atoms with van der Waals surface area (Å²) in [5, 5.41) is 11.6. The number of aliphatic carboxylic acids is 1. The van der Waals surface area contributed by atoms with Crippen molar-refractivity contribution in [1.29, 1.82) is 0 Å². The molecule has 0 saturated heterocycles. The van der Waals surface area contributed by atoms with Crippen molar-refractivity contribution in [2.45, 2.75) is 38.6 Å². The lowest BCUT2D eigenvalue weighted by molar-refractivity contribution is -0.150. The summed E-state index contributed by atoms with van der Waals surface area (Å²) in [6, 6.07) is 0. The van der Waals surface area contributed by atoms with Crippen LogP contribution in [0.25, 0.3) is 0 Å². The van der Waals surface area contributed by atoms with E-state index < -0.39 is 11.5 Å². The number of carboxylic acid groups (broad SMARTS) is 1. The third-order valence-electron chi connectivity index (χ3n) is 2.21. The molecule has 0 bridgehead atoms. The van der Waals surface area contributed by atoms with Crippen LogP contribution in [0.15, 0.2) is 0 Å². The number of likely N-dealkylation sites (N-methyl/N-ethyl adjacent to an activating group) is 1. The Morgan fingerprint density at radius 3 is 2.15 bits per heavy atom. The molecule has 0 aliphatic carbocycles. The maximum atomic E-state index is 11.5. The van der Waals surface area contributed by atoms with Gasteiger partial charge in [-0.3, -0.25) is 10.1 Å². The van der Waals surface area contributed by atoms with E-state index in [0.29, 0.717) is 12.8 Å². The molecule has 76 valence electrons. The molecule has 1 atom stereocenters. The topological polar surface area (TPSA) is 66.4 Å². The zero-order valence-corrected chi connectivity index (χ0v) is 8.39. The zero-order chi connectivity index (χ0) is 10.5. The Bertz CT molecular complexity index is 203. The molecule has 0 fully saturated rings. The molecule has 1 unspecified atom stereocenters. The molecule has 0 amide bonds. The van der Waals surface area contributed by atoms with Crippen molar-refractivity contribution in [3.8, 4) is 0 Å². The summed E-state index contributed by atoms with van der Waals surface area (Å²) in [4.78, 5) is 22.4. The third kappa shape index (κ3) is 2.28. The van der Waals surface area contributed by atoms with E-state index in [1.807, 2.05) is 6.92 Å². The standard InChI is InChI=1S/C9H17NO3/c1-4-6-9(10-3,8(12)13)7(11)5-2/h10H,4-6H2,1-3H3,(H,12,13). The van der Waals surface area contributed by atoms with Crippen LogP contribution in [-0.2, 0) is 9.59 Å². The molecule has 0 aromatic heterocycles. The number of carbonyl (C=O) groups is 2. The third-order valence-corrected chi connectivity index (χ3v) is 2.21. The summed E-state index contributed by atoms with van der Waals surface area (Å²) < 4.78 is 0.